The molecule has 0 aromatic rings. The minimum Gasteiger partial charge on any atom is -0.462 e. The number of carbonyl (C=O) groups is 3. The maximum Gasteiger partial charge on any atom is 0.306 e. The van der Waals surface area contributed by atoms with E-state index >= 15 is 0 Å². The molecule has 82 heavy (non-hydrogen) atoms. The van der Waals surface area contributed by atoms with Crippen molar-refractivity contribution in [1.82, 2.24) is 0 Å². The summed E-state index contributed by atoms with van der Waals surface area (Å²) in [7, 11) is 0. The third-order valence-corrected chi connectivity index (χ3v) is 17.5. The molecule has 0 fully saturated rings. The zero-order valence-electron chi connectivity index (χ0n) is 56.1. The molecule has 0 amide bonds. The molecule has 0 aromatic heterocycles. The normalized spacial score (nSPS) is 12.0. The summed E-state index contributed by atoms with van der Waals surface area (Å²) in [5.41, 5.74) is 0. The average molecular weight is 1160 g/mol. The molecule has 0 heterocycles. The van der Waals surface area contributed by atoms with Gasteiger partial charge in [-0.15, -0.1) is 0 Å². The van der Waals surface area contributed by atoms with Gasteiger partial charge in [0.05, 0.1) is 0 Å². The summed E-state index contributed by atoms with van der Waals surface area (Å²) in [5, 5.41) is 0. The quantitative estimate of drug-likeness (QED) is 0.0261. The second-order valence-electron chi connectivity index (χ2n) is 25.9. The molecule has 1 atom stereocenters. The van der Waals surface area contributed by atoms with Crippen molar-refractivity contribution in [3.63, 3.8) is 0 Å². The van der Waals surface area contributed by atoms with Crippen LogP contribution in [0.25, 0.3) is 0 Å². The van der Waals surface area contributed by atoms with Gasteiger partial charge < -0.3 is 14.2 Å². The predicted octanol–water partition coefficient (Wildman–Crippen LogP) is 26.0. The second-order valence-corrected chi connectivity index (χ2v) is 25.9. The smallest absolute Gasteiger partial charge is 0.306 e. The molecule has 0 spiro atoms. The van der Waals surface area contributed by atoms with Gasteiger partial charge in [-0.25, -0.2) is 0 Å². The van der Waals surface area contributed by atoms with E-state index < -0.39 is 6.10 Å². The molecule has 0 aliphatic heterocycles. The van der Waals surface area contributed by atoms with E-state index in [4.69, 9.17) is 14.2 Å². The lowest BCUT2D eigenvalue weighted by molar-refractivity contribution is -0.167. The Morgan fingerprint density at radius 1 is 0.232 bits per heavy atom. The molecule has 0 radical (unpaired) electrons. The molecule has 0 bridgehead atoms. The van der Waals surface area contributed by atoms with E-state index in [2.05, 4.69) is 32.9 Å². The van der Waals surface area contributed by atoms with Gasteiger partial charge in [-0.1, -0.05) is 386 Å². The number of ether oxygens (including phenoxy) is 3. The number of carbonyl (C=O) groups excluding carboxylic acids is 3. The van der Waals surface area contributed by atoms with Gasteiger partial charge in [0, 0.05) is 19.3 Å². The molecule has 0 rings (SSSR count). The highest BCUT2D eigenvalue weighted by Gasteiger charge is 2.20. The van der Waals surface area contributed by atoms with Gasteiger partial charge in [-0.05, 0) is 44.9 Å². The first-order valence-electron chi connectivity index (χ1n) is 37.7. The third-order valence-electron chi connectivity index (χ3n) is 17.5. The molecule has 0 saturated carbocycles. The fourth-order valence-electron chi connectivity index (χ4n) is 11.9. The van der Waals surface area contributed by atoms with E-state index in [1.54, 1.807) is 0 Å². The largest absolute Gasteiger partial charge is 0.462 e. The Morgan fingerprint density at radius 3 is 0.610 bits per heavy atom. The van der Waals surface area contributed by atoms with Crippen LogP contribution in [0.1, 0.15) is 438 Å². The van der Waals surface area contributed by atoms with Gasteiger partial charge in [0.2, 0.25) is 0 Å². The highest BCUT2D eigenvalue weighted by molar-refractivity contribution is 5.71. The van der Waals surface area contributed by atoms with Gasteiger partial charge in [-0.2, -0.15) is 0 Å². The van der Waals surface area contributed by atoms with Gasteiger partial charge >= 0.3 is 17.9 Å². The van der Waals surface area contributed by atoms with Crippen LogP contribution in [0.3, 0.4) is 0 Å². The minimum absolute atomic E-state index is 0.0654. The van der Waals surface area contributed by atoms with Crippen LogP contribution in [0, 0.1) is 0 Å². The summed E-state index contributed by atoms with van der Waals surface area (Å²) in [6, 6.07) is 0. The van der Waals surface area contributed by atoms with Gasteiger partial charge in [0.1, 0.15) is 13.2 Å². The molecule has 6 nitrogen and oxygen atoms in total. The number of hydrogen-bond donors (Lipinski definition) is 0. The standard InChI is InChI=1S/C76H146O6/c1-4-7-10-13-16-19-22-25-28-30-32-34-36-37-38-39-40-42-43-45-48-51-54-57-60-63-66-69-75(78)81-72-73(71-80-74(77)68-65-62-59-56-53-50-47-27-24-21-18-15-12-9-6-3)82-76(79)70-67-64-61-58-55-52-49-46-44-41-35-33-31-29-26-23-20-17-14-11-8-5-2/h27,47,73H,4-26,28-46,48-72H2,1-3H3/b47-27-. The third kappa shape index (κ3) is 68.9. The van der Waals surface area contributed by atoms with Crippen LogP contribution in [-0.4, -0.2) is 37.2 Å². The highest BCUT2D eigenvalue weighted by Crippen LogP contribution is 2.20. The monoisotopic (exact) mass is 1160 g/mol. The van der Waals surface area contributed by atoms with Crippen LogP contribution < -0.4 is 0 Å². The van der Waals surface area contributed by atoms with Crippen LogP contribution in [0.4, 0.5) is 0 Å². The Balaban J connectivity index is 4.21. The first-order valence-corrected chi connectivity index (χ1v) is 37.7. The van der Waals surface area contributed by atoms with Crippen molar-refractivity contribution < 1.29 is 28.6 Å². The molecular formula is C76H146O6. The zero-order chi connectivity index (χ0) is 59.2. The van der Waals surface area contributed by atoms with E-state index in [-0.39, 0.29) is 31.1 Å². The van der Waals surface area contributed by atoms with Crippen molar-refractivity contribution in [3.8, 4) is 0 Å². The van der Waals surface area contributed by atoms with Gasteiger partial charge in [0.15, 0.2) is 6.10 Å². The summed E-state index contributed by atoms with van der Waals surface area (Å²) >= 11 is 0. The van der Waals surface area contributed by atoms with Crippen LogP contribution in [-0.2, 0) is 28.6 Å². The zero-order valence-corrected chi connectivity index (χ0v) is 56.1. The summed E-state index contributed by atoms with van der Waals surface area (Å²) in [4.78, 5) is 38.5. The summed E-state index contributed by atoms with van der Waals surface area (Å²) in [5.74, 6) is -0.835. The van der Waals surface area contributed by atoms with Crippen LogP contribution >= 0.6 is 0 Å². The van der Waals surface area contributed by atoms with Crippen molar-refractivity contribution in [3.05, 3.63) is 12.2 Å². The van der Waals surface area contributed by atoms with Crippen molar-refractivity contribution in [1.29, 1.82) is 0 Å². The molecule has 0 aliphatic rings. The van der Waals surface area contributed by atoms with Crippen LogP contribution in [0.5, 0.6) is 0 Å². The Morgan fingerprint density at radius 2 is 0.402 bits per heavy atom. The van der Waals surface area contributed by atoms with E-state index in [1.807, 2.05) is 0 Å². The van der Waals surface area contributed by atoms with E-state index in [0.717, 1.165) is 64.2 Å². The Labute approximate surface area is 513 Å². The topological polar surface area (TPSA) is 78.9 Å². The number of rotatable bonds is 71. The van der Waals surface area contributed by atoms with Gasteiger partial charge in [-0.3, -0.25) is 14.4 Å². The molecule has 0 aromatic carbocycles. The molecule has 0 aliphatic carbocycles. The lowest BCUT2D eigenvalue weighted by Crippen LogP contribution is -2.30. The first kappa shape index (κ1) is 80.2. The maximum atomic E-state index is 13.0. The fraction of sp³-hybridized carbons (Fsp3) is 0.934. The summed E-state index contributed by atoms with van der Waals surface area (Å²) < 4.78 is 17.0. The van der Waals surface area contributed by atoms with Crippen molar-refractivity contribution in [2.75, 3.05) is 13.2 Å². The minimum atomic E-state index is -0.770. The number of esters is 3. The van der Waals surface area contributed by atoms with Crippen LogP contribution in [0.2, 0.25) is 0 Å². The molecule has 0 saturated heterocycles. The summed E-state index contributed by atoms with van der Waals surface area (Å²) in [6.45, 7) is 6.73. The van der Waals surface area contributed by atoms with Crippen LogP contribution in [0.15, 0.2) is 12.2 Å². The SMILES string of the molecule is CCCCCCCC/C=C\CCCCCCCC(=O)OCC(COC(=O)CCCCCCCCCCCCCCCCCCCCCCCCCCCCC)OC(=O)CCCCCCCCCCCCCCCCCCCCCCCC. The van der Waals surface area contributed by atoms with Crippen molar-refractivity contribution in [2.24, 2.45) is 0 Å². The molecule has 0 N–H and O–H groups in total. The molecular weight excluding hydrogens is 1010 g/mol. The Kier molecular flexibility index (Phi) is 70.0. The number of unbranched alkanes of at least 4 members (excludes halogenated alkanes) is 58. The highest BCUT2D eigenvalue weighted by atomic mass is 16.6. The first-order chi connectivity index (χ1) is 40.5. The lowest BCUT2D eigenvalue weighted by Gasteiger charge is -2.18. The lowest BCUT2D eigenvalue weighted by atomic mass is 10.0. The Bertz CT molecular complexity index is 1280. The number of hydrogen-bond acceptors (Lipinski definition) is 6. The molecule has 1 unspecified atom stereocenters. The molecule has 486 valence electrons. The molecule has 6 heteroatoms. The second kappa shape index (κ2) is 71.6. The van der Waals surface area contributed by atoms with Crippen molar-refractivity contribution >= 4 is 17.9 Å². The van der Waals surface area contributed by atoms with E-state index in [9.17, 15) is 14.4 Å². The Hall–Kier alpha value is -1.85. The fourth-order valence-corrected chi connectivity index (χ4v) is 11.9. The van der Waals surface area contributed by atoms with E-state index in [1.165, 1.54) is 334 Å². The number of allylic oxidation sites excluding steroid dienone is 2. The van der Waals surface area contributed by atoms with Crippen molar-refractivity contribution in [2.45, 2.75) is 444 Å². The maximum absolute atomic E-state index is 13.0. The van der Waals surface area contributed by atoms with E-state index in [0.29, 0.717) is 19.3 Å². The van der Waals surface area contributed by atoms with Gasteiger partial charge in [0.25, 0.3) is 0 Å². The summed E-state index contributed by atoms with van der Waals surface area (Å²) in [6.07, 6.45) is 86.9. The average Bonchev–Trinajstić information content (AvgIpc) is 3.48. The predicted molar refractivity (Wildman–Crippen MR) is 358 cm³/mol.